The van der Waals surface area contributed by atoms with Crippen molar-refractivity contribution >= 4 is 45.9 Å². The molecule has 1 aromatic heterocycles. The molecule has 8 nitrogen and oxygen atoms in total. The molecule has 5 aromatic rings. The van der Waals surface area contributed by atoms with Crippen molar-refractivity contribution in [1.82, 2.24) is 10.4 Å². The summed E-state index contributed by atoms with van der Waals surface area (Å²) in [6, 6.07) is 29.3. The summed E-state index contributed by atoms with van der Waals surface area (Å²) in [5.41, 5.74) is 6.78. The van der Waals surface area contributed by atoms with Crippen LogP contribution in [0.15, 0.2) is 114 Å². The number of benzene rings is 4. The van der Waals surface area contributed by atoms with Crippen molar-refractivity contribution < 1.29 is 18.7 Å². The minimum absolute atomic E-state index is 0.226. The van der Waals surface area contributed by atoms with Crippen LogP contribution in [0.2, 0.25) is 0 Å². The molecule has 0 radical (unpaired) electrons. The van der Waals surface area contributed by atoms with Gasteiger partial charge in [0.2, 0.25) is 0 Å². The lowest BCUT2D eigenvalue weighted by molar-refractivity contribution is -0.118. The van der Waals surface area contributed by atoms with Crippen molar-refractivity contribution in [2.75, 3.05) is 17.2 Å². The fourth-order valence-corrected chi connectivity index (χ4v) is 4.43. The molecular formula is C31H24FN5O3S. The second-order valence-electron chi connectivity index (χ2n) is 8.72. The zero-order valence-corrected chi connectivity index (χ0v) is 22.4. The second-order valence-corrected chi connectivity index (χ2v) is 9.58. The zero-order chi connectivity index (χ0) is 28.4. The van der Waals surface area contributed by atoms with E-state index in [9.17, 15) is 14.0 Å². The summed E-state index contributed by atoms with van der Waals surface area (Å²) in [7, 11) is 0. The highest BCUT2D eigenvalue weighted by Crippen LogP contribution is 2.27. The van der Waals surface area contributed by atoms with Gasteiger partial charge in [0.15, 0.2) is 11.7 Å². The van der Waals surface area contributed by atoms with Gasteiger partial charge in [0.1, 0.15) is 11.6 Å². The number of nitrogens with one attached hydrogen (secondary N) is 3. The number of hydrogen-bond acceptors (Lipinski definition) is 7. The van der Waals surface area contributed by atoms with Crippen LogP contribution in [0.1, 0.15) is 15.9 Å². The quantitative estimate of drug-likeness (QED) is 0.133. The van der Waals surface area contributed by atoms with Crippen LogP contribution in [-0.2, 0) is 4.79 Å². The van der Waals surface area contributed by atoms with Crippen molar-refractivity contribution in [3.8, 4) is 17.0 Å². The Morgan fingerprint density at radius 2 is 1.68 bits per heavy atom. The lowest BCUT2D eigenvalue weighted by Gasteiger charge is -2.08. The molecule has 0 aliphatic carbocycles. The van der Waals surface area contributed by atoms with Crippen molar-refractivity contribution in [2.24, 2.45) is 5.10 Å². The van der Waals surface area contributed by atoms with Gasteiger partial charge in [-0.3, -0.25) is 9.59 Å². The third kappa shape index (κ3) is 7.84. The first-order valence-corrected chi connectivity index (χ1v) is 13.4. The average molecular weight is 566 g/mol. The Morgan fingerprint density at radius 1 is 0.902 bits per heavy atom. The van der Waals surface area contributed by atoms with E-state index in [1.807, 2.05) is 47.8 Å². The third-order valence-electron chi connectivity index (χ3n) is 5.71. The van der Waals surface area contributed by atoms with Gasteiger partial charge in [-0.25, -0.2) is 14.8 Å². The maximum absolute atomic E-state index is 13.0. The molecule has 0 spiro atoms. The Morgan fingerprint density at radius 3 is 2.46 bits per heavy atom. The number of carbonyl (C=O) groups is 2. The monoisotopic (exact) mass is 565 g/mol. The van der Waals surface area contributed by atoms with E-state index in [-0.39, 0.29) is 24.2 Å². The Hall–Kier alpha value is -5.35. The van der Waals surface area contributed by atoms with Crippen LogP contribution in [0.4, 0.5) is 20.9 Å². The smallest absolute Gasteiger partial charge is 0.271 e. The maximum atomic E-state index is 13.0. The predicted octanol–water partition coefficient (Wildman–Crippen LogP) is 6.47. The molecule has 4 aromatic carbocycles. The summed E-state index contributed by atoms with van der Waals surface area (Å²) in [6.07, 6.45) is 1.48. The molecule has 5 rings (SSSR count). The molecule has 2 amide bonds. The number of nitrogens with zero attached hydrogens (tertiary/aromatic N) is 2. The van der Waals surface area contributed by atoms with E-state index in [1.54, 1.807) is 36.4 Å². The molecule has 0 bridgehead atoms. The number of para-hydroxylation sites is 1. The Labute approximate surface area is 239 Å². The molecule has 0 saturated carbocycles. The fraction of sp³-hybridized carbons (Fsp3) is 0.0323. The molecule has 0 unspecified atom stereocenters. The number of amides is 2. The van der Waals surface area contributed by atoms with Crippen molar-refractivity contribution in [2.45, 2.75) is 0 Å². The molecule has 0 atom stereocenters. The molecule has 204 valence electrons. The Balaban J connectivity index is 1.11. The van der Waals surface area contributed by atoms with Crippen molar-refractivity contribution in [3.63, 3.8) is 0 Å². The van der Waals surface area contributed by atoms with Gasteiger partial charge >= 0.3 is 0 Å². The number of carbonyl (C=O) groups excluding carboxylic acids is 2. The van der Waals surface area contributed by atoms with Gasteiger partial charge in [-0.1, -0.05) is 42.5 Å². The normalized spacial score (nSPS) is 10.8. The minimum atomic E-state index is -0.384. The number of anilines is 3. The highest BCUT2D eigenvalue weighted by molar-refractivity contribution is 7.14. The molecule has 1 heterocycles. The van der Waals surface area contributed by atoms with Gasteiger partial charge in [-0.05, 0) is 66.2 Å². The molecule has 10 heteroatoms. The predicted molar refractivity (Wildman–Crippen MR) is 159 cm³/mol. The summed E-state index contributed by atoms with van der Waals surface area (Å²) in [6.45, 7) is -0.226. The van der Waals surface area contributed by atoms with Crippen LogP contribution in [0, 0.1) is 5.82 Å². The number of hydrogen-bond donors (Lipinski definition) is 3. The summed E-state index contributed by atoms with van der Waals surface area (Å²) in [4.78, 5) is 29.3. The average Bonchev–Trinajstić information content (AvgIpc) is 3.46. The van der Waals surface area contributed by atoms with E-state index in [1.165, 1.54) is 41.8 Å². The molecule has 0 aliphatic rings. The van der Waals surface area contributed by atoms with Gasteiger partial charge in [0, 0.05) is 27.9 Å². The molecular weight excluding hydrogens is 541 g/mol. The topological polar surface area (TPSA) is 105 Å². The van der Waals surface area contributed by atoms with E-state index < -0.39 is 0 Å². The first kappa shape index (κ1) is 27.2. The first-order chi connectivity index (χ1) is 20.0. The van der Waals surface area contributed by atoms with Gasteiger partial charge in [-0.2, -0.15) is 5.10 Å². The number of halogens is 1. The molecule has 41 heavy (non-hydrogen) atoms. The number of rotatable bonds is 10. The lowest BCUT2D eigenvalue weighted by Crippen LogP contribution is -2.20. The van der Waals surface area contributed by atoms with Crippen LogP contribution in [0.3, 0.4) is 0 Å². The van der Waals surface area contributed by atoms with Crippen molar-refractivity contribution in [1.29, 1.82) is 0 Å². The number of hydrazone groups is 1. The van der Waals surface area contributed by atoms with Crippen LogP contribution < -0.4 is 20.8 Å². The maximum Gasteiger partial charge on any atom is 0.271 e. The highest BCUT2D eigenvalue weighted by Gasteiger charge is 2.09. The van der Waals surface area contributed by atoms with E-state index in [0.29, 0.717) is 22.6 Å². The SMILES string of the molecule is O=C(COc1cccc(/C=N/NC(=O)c2ccc(-c3csc(Nc4ccccc4)n3)cc2)c1)Nc1ccc(F)cc1. The Bertz CT molecular complexity index is 1660. The Kier molecular flexibility index (Phi) is 8.72. The van der Waals surface area contributed by atoms with E-state index in [0.717, 1.165) is 22.1 Å². The van der Waals surface area contributed by atoms with Gasteiger partial charge < -0.3 is 15.4 Å². The van der Waals surface area contributed by atoms with Crippen molar-refractivity contribution in [3.05, 3.63) is 125 Å². The van der Waals surface area contributed by atoms with Gasteiger partial charge in [-0.15, -0.1) is 11.3 Å². The number of thiazole rings is 1. The van der Waals surface area contributed by atoms with Gasteiger partial charge in [0.05, 0.1) is 11.9 Å². The zero-order valence-electron chi connectivity index (χ0n) is 21.6. The summed E-state index contributed by atoms with van der Waals surface area (Å²) < 4.78 is 18.5. The molecule has 0 saturated heterocycles. The van der Waals surface area contributed by atoms with Crippen LogP contribution in [0.5, 0.6) is 5.75 Å². The van der Waals surface area contributed by atoms with Crippen LogP contribution in [-0.4, -0.2) is 29.6 Å². The second kappa shape index (κ2) is 13.1. The van der Waals surface area contributed by atoms with E-state index in [2.05, 4.69) is 26.1 Å². The largest absolute Gasteiger partial charge is 0.484 e. The highest BCUT2D eigenvalue weighted by atomic mass is 32.1. The van der Waals surface area contributed by atoms with Crippen LogP contribution >= 0.6 is 11.3 Å². The molecule has 3 N–H and O–H groups in total. The first-order valence-electron chi connectivity index (χ1n) is 12.5. The minimum Gasteiger partial charge on any atom is -0.484 e. The van der Waals surface area contributed by atoms with E-state index >= 15 is 0 Å². The summed E-state index contributed by atoms with van der Waals surface area (Å²) in [5, 5.41) is 12.7. The summed E-state index contributed by atoms with van der Waals surface area (Å²) >= 11 is 1.50. The summed E-state index contributed by atoms with van der Waals surface area (Å²) in [5.74, 6) is -0.672. The lowest BCUT2D eigenvalue weighted by atomic mass is 10.1. The third-order valence-corrected chi connectivity index (χ3v) is 6.47. The number of aromatic nitrogens is 1. The standard InChI is InChI=1S/C31H24FN5O3S/c32-24-13-15-26(16-14-24)34-29(38)19-40-27-8-4-5-21(17-27)18-33-37-30(39)23-11-9-22(10-12-23)28-20-41-31(36-28)35-25-6-2-1-3-7-25/h1-18,20H,19H2,(H,34,38)(H,35,36)(H,37,39)/b33-18+. The molecule has 0 aliphatic heterocycles. The molecule has 0 fully saturated rings. The van der Waals surface area contributed by atoms with Crippen LogP contribution in [0.25, 0.3) is 11.3 Å². The van der Waals surface area contributed by atoms with E-state index in [4.69, 9.17) is 4.74 Å². The van der Waals surface area contributed by atoms with Gasteiger partial charge in [0.25, 0.3) is 11.8 Å². The fourth-order valence-electron chi connectivity index (χ4n) is 3.69. The number of ether oxygens (including phenoxy) is 1.